The smallest absolute Gasteiger partial charge is 0.256 e. The maximum Gasteiger partial charge on any atom is 0.256 e. The van der Waals surface area contributed by atoms with E-state index in [1.807, 2.05) is 18.2 Å². The van der Waals surface area contributed by atoms with E-state index in [-0.39, 0.29) is 11.4 Å². The molecule has 0 bridgehead atoms. The van der Waals surface area contributed by atoms with E-state index >= 15 is 0 Å². The molecule has 0 spiro atoms. The van der Waals surface area contributed by atoms with Gasteiger partial charge in [0.15, 0.2) is 23.1 Å². The van der Waals surface area contributed by atoms with Crippen LogP contribution in [-0.2, 0) is 0 Å². The number of carbonyl (C=O) groups excluding carboxylic acids is 1. The van der Waals surface area contributed by atoms with Crippen molar-refractivity contribution in [3.63, 3.8) is 0 Å². The molecule has 6 nitrogen and oxygen atoms in total. The minimum Gasteiger partial charge on any atom is -0.486 e. The third-order valence-electron chi connectivity index (χ3n) is 4.02. The number of nitrogens with one attached hydrogen (secondary N) is 2. The van der Waals surface area contributed by atoms with Gasteiger partial charge in [-0.1, -0.05) is 0 Å². The number of carbonyl (C=O) groups is 1. The first kappa shape index (κ1) is 17.7. The maximum absolute atomic E-state index is 13.2. The van der Waals surface area contributed by atoms with Crippen molar-refractivity contribution < 1.29 is 23.0 Å². The predicted octanol–water partition coefficient (Wildman–Crippen LogP) is 4.13. The highest BCUT2D eigenvalue weighted by molar-refractivity contribution is 6.03. The Morgan fingerprint density at radius 3 is 2.43 bits per heavy atom. The van der Waals surface area contributed by atoms with Crippen LogP contribution in [0.2, 0.25) is 0 Å². The summed E-state index contributed by atoms with van der Waals surface area (Å²) in [5.41, 5.74) is 1.49. The van der Waals surface area contributed by atoms with Gasteiger partial charge in [-0.25, -0.2) is 13.8 Å². The predicted molar refractivity (Wildman–Crippen MR) is 99.3 cm³/mol. The first-order valence-corrected chi connectivity index (χ1v) is 8.47. The fourth-order valence-corrected chi connectivity index (χ4v) is 2.66. The number of ether oxygens (including phenoxy) is 2. The molecule has 0 atom stereocenters. The second kappa shape index (κ2) is 7.51. The number of benzene rings is 2. The number of fused-ring (bicyclic) bond motifs is 1. The second-order valence-electron chi connectivity index (χ2n) is 6.00. The van der Waals surface area contributed by atoms with Gasteiger partial charge in [-0.2, -0.15) is 0 Å². The van der Waals surface area contributed by atoms with Crippen LogP contribution in [0.3, 0.4) is 0 Å². The lowest BCUT2D eigenvalue weighted by atomic mass is 10.2. The monoisotopic (exact) mass is 383 g/mol. The van der Waals surface area contributed by atoms with Crippen molar-refractivity contribution in [2.24, 2.45) is 0 Å². The molecule has 1 aromatic heterocycles. The molecular weight excluding hydrogens is 368 g/mol. The van der Waals surface area contributed by atoms with Crippen LogP contribution in [0.4, 0.5) is 26.0 Å². The van der Waals surface area contributed by atoms with Crippen LogP contribution in [0.1, 0.15) is 10.4 Å². The summed E-state index contributed by atoms with van der Waals surface area (Å²) in [6, 6.07) is 11.8. The molecule has 3 aromatic rings. The molecule has 2 N–H and O–H groups in total. The van der Waals surface area contributed by atoms with E-state index in [1.165, 1.54) is 12.3 Å². The number of hydrogen-bond acceptors (Lipinski definition) is 5. The molecule has 1 aliphatic heterocycles. The summed E-state index contributed by atoms with van der Waals surface area (Å²) in [6.45, 7) is 1.03. The Labute approximate surface area is 159 Å². The summed E-state index contributed by atoms with van der Waals surface area (Å²) in [7, 11) is 0. The zero-order chi connectivity index (χ0) is 19.5. The lowest BCUT2D eigenvalue weighted by Gasteiger charge is -2.19. The first-order chi connectivity index (χ1) is 13.6. The summed E-state index contributed by atoms with van der Waals surface area (Å²) in [5.74, 6) is -1.03. The third-order valence-corrected chi connectivity index (χ3v) is 4.02. The van der Waals surface area contributed by atoms with E-state index in [9.17, 15) is 13.6 Å². The number of hydrogen-bond donors (Lipinski definition) is 2. The lowest BCUT2D eigenvalue weighted by molar-refractivity contribution is 0.102. The number of rotatable bonds is 4. The molecule has 2 aromatic carbocycles. The molecule has 2 heterocycles. The zero-order valence-corrected chi connectivity index (χ0v) is 14.5. The molecule has 0 saturated heterocycles. The average molecular weight is 383 g/mol. The summed E-state index contributed by atoms with van der Waals surface area (Å²) >= 11 is 0. The molecule has 1 amide bonds. The Morgan fingerprint density at radius 2 is 1.68 bits per heavy atom. The van der Waals surface area contributed by atoms with Gasteiger partial charge in [0.2, 0.25) is 0 Å². The van der Waals surface area contributed by atoms with Gasteiger partial charge in [0.25, 0.3) is 5.91 Å². The Balaban J connectivity index is 1.42. The Morgan fingerprint density at radius 1 is 0.893 bits per heavy atom. The number of pyridine rings is 1. The summed E-state index contributed by atoms with van der Waals surface area (Å²) in [5, 5.41) is 5.71. The number of aromatic nitrogens is 1. The fraction of sp³-hybridized carbons (Fsp3) is 0.100. The van der Waals surface area contributed by atoms with Crippen LogP contribution in [0.25, 0.3) is 0 Å². The van der Waals surface area contributed by atoms with E-state index in [1.54, 1.807) is 12.1 Å². The summed E-state index contributed by atoms with van der Waals surface area (Å²) in [4.78, 5) is 16.3. The number of nitrogens with zero attached hydrogens (tertiary/aromatic N) is 1. The van der Waals surface area contributed by atoms with Crippen LogP contribution in [0.5, 0.6) is 11.5 Å². The molecule has 0 aliphatic carbocycles. The van der Waals surface area contributed by atoms with Crippen molar-refractivity contribution in [1.82, 2.24) is 4.98 Å². The van der Waals surface area contributed by atoms with Crippen molar-refractivity contribution in [2.45, 2.75) is 0 Å². The van der Waals surface area contributed by atoms with Crippen LogP contribution < -0.4 is 20.1 Å². The van der Waals surface area contributed by atoms with E-state index in [0.29, 0.717) is 30.4 Å². The van der Waals surface area contributed by atoms with E-state index in [2.05, 4.69) is 15.6 Å². The molecule has 0 saturated carbocycles. The average Bonchev–Trinajstić information content (AvgIpc) is 2.71. The first-order valence-electron chi connectivity index (χ1n) is 8.47. The Bertz CT molecular complexity index is 1030. The number of halogens is 2. The SMILES string of the molecule is O=C(Nc1ccc(Nc2ccc3c(c2)OCCO3)cn1)c1ccc(F)c(F)c1. The molecule has 0 fully saturated rings. The molecule has 4 rings (SSSR count). The van der Waals surface area contributed by atoms with Crippen molar-refractivity contribution >= 4 is 23.1 Å². The minimum absolute atomic E-state index is 0.000759. The van der Waals surface area contributed by atoms with Crippen molar-refractivity contribution in [3.05, 3.63) is 71.9 Å². The van der Waals surface area contributed by atoms with Crippen LogP contribution >= 0.6 is 0 Å². The highest BCUT2D eigenvalue weighted by atomic mass is 19.2. The van der Waals surface area contributed by atoms with Gasteiger partial charge in [-0.3, -0.25) is 4.79 Å². The van der Waals surface area contributed by atoms with Gasteiger partial charge in [0.1, 0.15) is 19.0 Å². The molecule has 142 valence electrons. The van der Waals surface area contributed by atoms with Crippen LogP contribution in [0.15, 0.2) is 54.7 Å². The minimum atomic E-state index is -1.08. The Hall–Kier alpha value is -3.68. The van der Waals surface area contributed by atoms with Crippen LogP contribution in [-0.4, -0.2) is 24.1 Å². The van der Waals surface area contributed by atoms with E-state index in [0.717, 1.165) is 17.8 Å². The van der Waals surface area contributed by atoms with Crippen molar-refractivity contribution in [2.75, 3.05) is 23.8 Å². The van der Waals surface area contributed by atoms with Crippen molar-refractivity contribution in [3.8, 4) is 11.5 Å². The third kappa shape index (κ3) is 3.85. The largest absolute Gasteiger partial charge is 0.486 e. The summed E-state index contributed by atoms with van der Waals surface area (Å²) in [6.07, 6.45) is 1.54. The highest BCUT2D eigenvalue weighted by Crippen LogP contribution is 2.33. The van der Waals surface area contributed by atoms with Gasteiger partial charge >= 0.3 is 0 Å². The molecule has 0 radical (unpaired) electrons. The second-order valence-corrected chi connectivity index (χ2v) is 6.00. The van der Waals surface area contributed by atoms with E-state index in [4.69, 9.17) is 9.47 Å². The lowest BCUT2D eigenvalue weighted by Crippen LogP contribution is -2.15. The normalized spacial score (nSPS) is 12.4. The zero-order valence-electron chi connectivity index (χ0n) is 14.5. The molecule has 0 unspecified atom stereocenters. The molecule has 28 heavy (non-hydrogen) atoms. The van der Waals surface area contributed by atoms with Crippen LogP contribution in [0, 0.1) is 11.6 Å². The number of amides is 1. The standard InChI is InChI=1S/C20H15F2N3O3/c21-15-4-1-12(9-16(15)22)20(26)25-19-6-3-14(11-23-19)24-13-2-5-17-18(10-13)28-8-7-27-17/h1-6,9-11,24H,7-8H2,(H,23,25,26). The van der Waals surface area contributed by atoms with Crippen molar-refractivity contribution in [1.29, 1.82) is 0 Å². The van der Waals surface area contributed by atoms with Gasteiger partial charge in [0.05, 0.1) is 11.9 Å². The Kier molecular flexibility index (Phi) is 4.76. The van der Waals surface area contributed by atoms with Gasteiger partial charge in [-0.15, -0.1) is 0 Å². The molecule has 1 aliphatic rings. The highest BCUT2D eigenvalue weighted by Gasteiger charge is 2.13. The maximum atomic E-state index is 13.2. The topological polar surface area (TPSA) is 72.5 Å². The van der Waals surface area contributed by atoms with Gasteiger partial charge in [-0.05, 0) is 42.5 Å². The van der Waals surface area contributed by atoms with E-state index < -0.39 is 17.5 Å². The molecular formula is C20H15F2N3O3. The van der Waals surface area contributed by atoms with Gasteiger partial charge < -0.3 is 20.1 Å². The number of anilines is 3. The molecule has 8 heteroatoms. The quantitative estimate of drug-likeness (QED) is 0.709. The summed E-state index contributed by atoms with van der Waals surface area (Å²) < 4.78 is 37.2. The fourth-order valence-electron chi connectivity index (χ4n) is 2.66. The van der Waals surface area contributed by atoms with Gasteiger partial charge in [0, 0.05) is 17.3 Å².